The van der Waals surface area contributed by atoms with Crippen LogP contribution in [0.25, 0.3) is 11.0 Å². The SMILES string of the molecule is COCc1cnc(CC(=O)Cc2coc3cc4c(cc23)CCC4)s1. The van der Waals surface area contributed by atoms with Crippen LogP contribution in [0.2, 0.25) is 0 Å². The Morgan fingerprint density at radius 2 is 2.12 bits per heavy atom. The second-order valence-electron chi connectivity index (χ2n) is 6.28. The van der Waals surface area contributed by atoms with Gasteiger partial charge in [0.25, 0.3) is 0 Å². The number of carbonyl (C=O) groups excluding carboxylic acids is 1. The predicted molar refractivity (Wildman–Crippen MR) is 93.5 cm³/mol. The van der Waals surface area contributed by atoms with Gasteiger partial charge >= 0.3 is 0 Å². The van der Waals surface area contributed by atoms with E-state index in [0.29, 0.717) is 19.4 Å². The molecular formula is C19H19NO3S. The van der Waals surface area contributed by atoms with Gasteiger partial charge in [-0.15, -0.1) is 11.3 Å². The molecule has 0 radical (unpaired) electrons. The van der Waals surface area contributed by atoms with Crippen LogP contribution in [0.4, 0.5) is 0 Å². The molecule has 1 aliphatic carbocycles. The van der Waals surface area contributed by atoms with E-state index in [-0.39, 0.29) is 5.78 Å². The molecule has 2 heterocycles. The Balaban J connectivity index is 1.50. The summed E-state index contributed by atoms with van der Waals surface area (Å²) in [4.78, 5) is 17.8. The summed E-state index contributed by atoms with van der Waals surface area (Å²) in [6, 6.07) is 4.35. The van der Waals surface area contributed by atoms with E-state index < -0.39 is 0 Å². The maximum absolute atomic E-state index is 12.4. The molecular weight excluding hydrogens is 322 g/mol. The molecule has 1 aliphatic rings. The molecule has 0 fully saturated rings. The van der Waals surface area contributed by atoms with E-state index in [1.807, 2.05) is 0 Å². The van der Waals surface area contributed by atoms with Gasteiger partial charge in [0.2, 0.25) is 0 Å². The van der Waals surface area contributed by atoms with Gasteiger partial charge in [-0.2, -0.15) is 0 Å². The van der Waals surface area contributed by atoms with E-state index in [0.717, 1.165) is 39.3 Å². The first-order chi connectivity index (χ1) is 11.7. The Morgan fingerprint density at radius 1 is 1.29 bits per heavy atom. The first-order valence-electron chi connectivity index (χ1n) is 8.19. The standard InChI is InChI=1S/C19H19NO3S/c1-22-11-16-9-20-19(24-16)8-15(21)5-14-10-23-18-7-13-4-2-3-12(13)6-17(14)18/h6-7,9-10H,2-5,8,11H2,1H3. The number of thiazole rings is 1. The zero-order valence-corrected chi connectivity index (χ0v) is 14.4. The van der Waals surface area contributed by atoms with Crippen molar-refractivity contribution in [1.29, 1.82) is 0 Å². The lowest BCUT2D eigenvalue weighted by Crippen LogP contribution is -2.05. The summed E-state index contributed by atoms with van der Waals surface area (Å²) in [6.07, 6.45) is 7.75. The highest BCUT2D eigenvalue weighted by Crippen LogP contribution is 2.30. The number of rotatable bonds is 6. The highest BCUT2D eigenvalue weighted by molar-refractivity contribution is 7.11. The average molecular weight is 341 g/mol. The van der Waals surface area contributed by atoms with E-state index in [9.17, 15) is 4.79 Å². The number of methoxy groups -OCH3 is 1. The van der Waals surface area contributed by atoms with E-state index in [4.69, 9.17) is 9.15 Å². The third kappa shape index (κ3) is 3.01. The second kappa shape index (κ2) is 6.49. The number of fused-ring (bicyclic) bond motifs is 2. The molecule has 0 aliphatic heterocycles. The van der Waals surface area contributed by atoms with Gasteiger partial charge in [0.05, 0.1) is 24.2 Å². The minimum Gasteiger partial charge on any atom is -0.464 e. The smallest absolute Gasteiger partial charge is 0.144 e. The van der Waals surface area contributed by atoms with Crippen molar-refractivity contribution in [2.24, 2.45) is 0 Å². The van der Waals surface area contributed by atoms with Crippen LogP contribution in [0.15, 0.2) is 29.0 Å². The molecule has 124 valence electrons. The number of Topliss-reactive ketones (excluding diaryl/α,β-unsaturated/α-hetero) is 1. The fraction of sp³-hybridized carbons (Fsp3) is 0.368. The Labute approximate surface area is 144 Å². The van der Waals surface area contributed by atoms with Crippen molar-refractivity contribution in [2.75, 3.05) is 7.11 Å². The fourth-order valence-electron chi connectivity index (χ4n) is 3.37. The first kappa shape index (κ1) is 15.5. The molecule has 0 bridgehead atoms. The summed E-state index contributed by atoms with van der Waals surface area (Å²) >= 11 is 1.54. The number of aromatic nitrogens is 1. The van der Waals surface area contributed by atoms with Gasteiger partial charge in [-0.3, -0.25) is 4.79 Å². The molecule has 0 spiro atoms. The average Bonchev–Trinajstić information content (AvgIpc) is 3.27. The van der Waals surface area contributed by atoms with Crippen molar-refractivity contribution in [3.8, 4) is 0 Å². The van der Waals surface area contributed by atoms with E-state index in [2.05, 4.69) is 17.1 Å². The monoisotopic (exact) mass is 341 g/mol. The zero-order valence-electron chi connectivity index (χ0n) is 13.6. The number of benzene rings is 1. The Bertz CT molecular complexity index is 893. The number of ketones is 1. The highest BCUT2D eigenvalue weighted by atomic mass is 32.1. The summed E-state index contributed by atoms with van der Waals surface area (Å²) < 4.78 is 10.8. The number of nitrogens with zero attached hydrogens (tertiary/aromatic N) is 1. The number of furan rings is 1. The van der Waals surface area contributed by atoms with Crippen LogP contribution < -0.4 is 0 Å². The van der Waals surface area contributed by atoms with Crippen molar-refractivity contribution in [3.63, 3.8) is 0 Å². The number of aryl methyl sites for hydroxylation is 2. The van der Waals surface area contributed by atoms with Crippen LogP contribution in [0.1, 0.15) is 33.0 Å². The molecule has 4 rings (SSSR count). The lowest BCUT2D eigenvalue weighted by Gasteiger charge is -2.01. The summed E-state index contributed by atoms with van der Waals surface area (Å²) in [7, 11) is 1.66. The minimum absolute atomic E-state index is 0.163. The van der Waals surface area contributed by atoms with Crippen molar-refractivity contribution < 1.29 is 13.9 Å². The van der Waals surface area contributed by atoms with Crippen LogP contribution in [0.3, 0.4) is 0 Å². The number of ether oxygens (including phenoxy) is 1. The molecule has 5 heteroatoms. The van der Waals surface area contributed by atoms with Crippen LogP contribution in [0, 0.1) is 0 Å². The van der Waals surface area contributed by atoms with Gasteiger partial charge in [0.15, 0.2) is 0 Å². The van der Waals surface area contributed by atoms with Gasteiger partial charge in [-0.05, 0) is 42.5 Å². The third-order valence-corrected chi connectivity index (χ3v) is 5.46. The van der Waals surface area contributed by atoms with Crippen molar-refractivity contribution >= 4 is 28.1 Å². The van der Waals surface area contributed by atoms with E-state index in [1.165, 1.54) is 28.9 Å². The highest BCUT2D eigenvalue weighted by Gasteiger charge is 2.17. The number of hydrogen-bond donors (Lipinski definition) is 0. The summed E-state index contributed by atoms with van der Waals surface area (Å²) in [5, 5.41) is 1.93. The second-order valence-corrected chi connectivity index (χ2v) is 7.48. The molecule has 0 amide bonds. The van der Waals surface area contributed by atoms with Gasteiger partial charge in [-0.25, -0.2) is 4.98 Å². The van der Waals surface area contributed by atoms with E-state index >= 15 is 0 Å². The molecule has 0 saturated heterocycles. The summed E-state index contributed by atoms with van der Waals surface area (Å²) in [6.45, 7) is 0.545. The fourth-order valence-corrected chi connectivity index (χ4v) is 4.29. The lowest BCUT2D eigenvalue weighted by atomic mass is 10.0. The minimum atomic E-state index is 0.163. The Morgan fingerprint density at radius 3 is 2.96 bits per heavy atom. The van der Waals surface area contributed by atoms with Crippen molar-refractivity contribution in [1.82, 2.24) is 4.98 Å². The Kier molecular flexibility index (Phi) is 4.21. The van der Waals surface area contributed by atoms with Gasteiger partial charge in [0, 0.05) is 30.7 Å². The van der Waals surface area contributed by atoms with Crippen LogP contribution in [-0.2, 0) is 41.8 Å². The summed E-state index contributed by atoms with van der Waals surface area (Å²) in [5.74, 6) is 0.163. The number of hydrogen-bond acceptors (Lipinski definition) is 5. The number of carbonyl (C=O) groups is 1. The third-order valence-electron chi connectivity index (χ3n) is 4.49. The molecule has 24 heavy (non-hydrogen) atoms. The Hall–Kier alpha value is -1.98. The van der Waals surface area contributed by atoms with Crippen LogP contribution >= 0.6 is 11.3 Å². The van der Waals surface area contributed by atoms with Gasteiger partial charge < -0.3 is 9.15 Å². The molecule has 0 unspecified atom stereocenters. The quantitative estimate of drug-likeness (QED) is 0.683. The van der Waals surface area contributed by atoms with Gasteiger partial charge in [0.1, 0.15) is 16.4 Å². The molecule has 0 N–H and O–H groups in total. The molecule has 3 aromatic rings. The molecule has 2 aromatic heterocycles. The largest absolute Gasteiger partial charge is 0.464 e. The normalized spacial score (nSPS) is 13.5. The molecule has 1 aromatic carbocycles. The molecule has 0 saturated carbocycles. The van der Waals surface area contributed by atoms with Crippen molar-refractivity contribution in [3.05, 3.63) is 51.2 Å². The predicted octanol–water partition coefficient (Wildman–Crippen LogP) is 3.88. The lowest BCUT2D eigenvalue weighted by molar-refractivity contribution is -0.117. The summed E-state index contributed by atoms with van der Waals surface area (Å²) in [5.41, 5.74) is 4.68. The van der Waals surface area contributed by atoms with Crippen LogP contribution in [0.5, 0.6) is 0 Å². The van der Waals surface area contributed by atoms with Gasteiger partial charge in [-0.1, -0.05) is 0 Å². The van der Waals surface area contributed by atoms with Crippen LogP contribution in [-0.4, -0.2) is 17.9 Å². The first-order valence-corrected chi connectivity index (χ1v) is 9.00. The van der Waals surface area contributed by atoms with E-state index in [1.54, 1.807) is 19.6 Å². The maximum Gasteiger partial charge on any atom is 0.144 e. The van der Waals surface area contributed by atoms with Crippen molar-refractivity contribution in [2.45, 2.75) is 38.7 Å². The molecule has 4 nitrogen and oxygen atoms in total. The topological polar surface area (TPSA) is 52.3 Å². The zero-order chi connectivity index (χ0) is 16.5. The maximum atomic E-state index is 12.4. The molecule has 0 atom stereocenters.